The summed E-state index contributed by atoms with van der Waals surface area (Å²) < 4.78 is 7.74. The Kier molecular flexibility index (Phi) is 5.02. The highest BCUT2D eigenvalue weighted by Gasteiger charge is 2.21. The normalized spacial score (nSPS) is 13.8. The van der Waals surface area contributed by atoms with E-state index in [1.54, 1.807) is 0 Å². The van der Waals surface area contributed by atoms with Crippen LogP contribution in [0.25, 0.3) is 10.9 Å². The zero-order valence-electron chi connectivity index (χ0n) is 14.9. The number of ether oxygens (including phenoxy) is 1. The van der Waals surface area contributed by atoms with Crippen LogP contribution >= 0.6 is 0 Å². The van der Waals surface area contributed by atoms with Crippen molar-refractivity contribution < 1.29 is 9.53 Å². The van der Waals surface area contributed by atoms with Gasteiger partial charge in [-0.05, 0) is 30.4 Å². The number of hydrogen-bond donors (Lipinski definition) is 1. The summed E-state index contributed by atoms with van der Waals surface area (Å²) in [7, 11) is 0. The van der Waals surface area contributed by atoms with Crippen LogP contribution in [0.3, 0.4) is 0 Å². The van der Waals surface area contributed by atoms with Crippen molar-refractivity contribution in [1.29, 1.82) is 0 Å². The highest BCUT2D eigenvalue weighted by Crippen LogP contribution is 2.28. The predicted octanol–water partition coefficient (Wildman–Crippen LogP) is 3.85. The van der Waals surface area contributed by atoms with Crippen molar-refractivity contribution in [3.63, 3.8) is 0 Å². The number of fused-ring (bicyclic) bond motifs is 1. The molecule has 0 saturated heterocycles. The summed E-state index contributed by atoms with van der Waals surface area (Å²) in [5.74, 6) is 0.713. The Balaban J connectivity index is 1.46. The first-order valence-electron chi connectivity index (χ1n) is 9.29. The molecule has 0 bridgehead atoms. The number of nitrogens with zero attached hydrogens (tertiary/aromatic N) is 1. The zero-order chi connectivity index (χ0) is 17.8. The first-order chi connectivity index (χ1) is 12.8. The van der Waals surface area contributed by atoms with Gasteiger partial charge in [-0.3, -0.25) is 4.79 Å². The molecular formula is C22H24N2O2. The lowest BCUT2D eigenvalue weighted by Crippen LogP contribution is -2.27. The number of carbonyl (C=O) groups excluding carboxylic acids is 1. The molecule has 2 aromatic carbocycles. The number of rotatable bonds is 8. The summed E-state index contributed by atoms with van der Waals surface area (Å²) in [5.41, 5.74) is 3.01. The third-order valence-electron chi connectivity index (χ3n) is 4.81. The van der Waals surface area contributed by atoms with Crippen LogP contribution in [0.4, 0.5) is 0 Å². The van der Waals surface area contributed by atoms with Gasteiger partial charge in [0.15, 0.2) is 0 Å². The van der Waals surface area contributed by atoms with Crippen molar-refractivity contribution in [3.8, 4) is 0 Å². The number of benzene rings is 2. The third kappa shape index (κ3) is 3.97. The zero-order valence-corrected chi connectivity index (χ0v) is 14.9. The Morgan fingerprint density at radius 3 is 2.65 bits per heavy atom. The predicted molar refractivity (Wildman–Crippen MR) is 103 cm³/mol. The van der Waals surface area contributed by atoms with Gasteiger partial charge < -0.3 is 14.6 Å². The summed E-state index contributed by atoms with van der Waals surface area (Å²) in [6.45, 7) is 2.69. The van der Waals surface area contributed by atoms with Gasteiger partial charge in [0.05, 0.1) is 12.2 Å². The Labute approximate surface area is 153 Å². The molecule has 1 saturated carbocycles. The molecule has 0 radical (unpaired) electrons. The van der Waals surface area contributed by atoms with E-state index in [9.17, 15) is 4.79 Å². The molecule has 4 rings (SSSR count). The Morgan fingerprint density at radius 1 is 1.08 bits per heavy atom. The second-order valence-electron chi connectivity index (χ2n) is 6.95. The van der Waals surface area contributed by atoms with Crippen molar-refractivity contribution in [2.45, 2.75) is 19.4 Å². The first kappa shape index (κ1) is 16.9. The van der Waals surface area contributed by atoms with Gasteiger partial charge in [0.2, 0.25) is 0 Å². The van der Waals surface area contributed by atoms with E-state index in [-0.39, 0.29) is 5.91 Å². The van der Waals surface area contributed by atoms with Crippen LogP contribution in [-0.2, 0) is 11.3 Å². The molecule has 0 atom stereocenters. The summed E-state index contributed by atoms with van der Waals surface area (Å²) in [6.07, 6.45) is 4.53. The van der Waals surface area contributed by atoms with E-state index in [1.807, 2.05) is 42.6 Å². The van der Waals surface area contributed by atoms with Crippen LogP contribution in [-0.4, -0.2) is 30.2 Å². The molecule has 1 aliphatic carbocycles. The molecule has 1 aliphatic rings. The van der Waals surface area contributed by atoms with Gasteiger partial charge >= 0.3 is 0 Å². The van der Waals surface area contributed by atoms with Gasteiger partial charge in [-0.15, -0.1) is 0 Å². The molecule has 1 amide bonds. The van der Waals surface area contributed by atoms with Crippen molar-refractivity contribution >= 4 is 16.8 Å². The average Bonchev–Trinajstić information content (AvgIpc) is 3.43. The Bertz CT molecular complexity index is 882. The van der Waals surface area contributed by atoms with Crippen LogP contribution in [0.2, 0.25) is 0 Å². The SMILES string of the molecule is O=C(NCCOCC1CC1)c1cn(Cc2ccccc2)c2ccccc12. The molecule has 0 unspecified atom stereocenters. The van der Waals surface area contributed by atoms with E-state index >= 15 is 0 Å². The lowest BCUT2D eigenvalue weighted by molar-refractivity contribution is 0.0908. The molecule has 134 valence electrons. The highest BCUT2D eigenvalue weighted by molar-refractivity contribution is 6.07. The van der Waals surface area contributed by atoms with Gasteiger partial charge in [0.25, 0.3) is 5.91 Å². The molecule has 4 nitrogen and oxygen atoms in total. The van der Waals surface area contributed by atoms with Crippen LogP contribution in [0, 0.1) is 5.92 Å². The number of nitrogens with one attached hydrogen (secondary N) is 1. The van der Waals surface area contributed by atoms with Gasteiger partial charge in [0.1, 0.15) is 0 Å². The minimum Gasteiger partial charge on any atom is -0.379 e. The fourth-order valence-electron chi connectivity index (χ4n) is 3.21. The maximum absolute atomic E-state index is 12.7. The fourth-order valence-corrected chi connectivity index (χ4v) is 3.21. The minimum absolute atomic E-state index is 0.0389. The van der Waals surface area contributed by atoms with Crippen LogP contribution < -0.4 is 5.32 Å². The highest BCUT2D eigenvalue weighted by atomic mass is 16.5. The first-order valence-corrected chi connectivity index (χ1v) is 9.29. The lowest BCUT2D eigenvalue weighted by Gasteiger charge is -2.05. The van der Waals surface area contributed by atoms with E-state index in [4.69, 9.17) is 4.74 Å². The van der Waals surface area contributed by atoms with E-state index in [0.717, 1.165) is 35.5 Å². The molecule has 4 heteroatoms. The molecule has 26 heavy (non-hydrogen) atoms. The number of para-hydroxylation sites is 1. The van der Waals surface area contributed by atoms with E-state index < -0.39 is 0 Å². The number of aromatic nitrogens is 1. The molecule has 1 N–H and O–H groups in total. The van der Waals surface area contributed by atoms with Crippen molar-refractivity contribution in [3.05, 3.63) is 71.9 Å². The second-order valence-corrected chi connectivity index (χ2v) is 6.95. The molecule has 1 heterocycles. The lowest BCUT2D eigenvalue weighted by atomic mass is 10.1. The average molecular weight is 348 g/mol. The number of hydrogen-bond acceptors (Lipinski definition) is 2. The minimum atomic E-state index is -0.0389. The fraction of sp³-hybridized carbons (Fsp3) is 0.318. The van der Waals surface area contributed by atoms with E-state index in [1.165, 1.54) is 18.4 Å². The molecular weight excluding hydrogens is 324 g/mol. The maximum atomic E-state index is 12.7. The van der Waals surface area contributed by atoms with E-state index in [0.29, 0.717) is 13.2 Å². The van der Waals surface area contributed by atoms with Crippen LogP contribution in [0.15, 0.2) is 60.8 Å². The van der Waals surface area contributed by atoms with Gasteiger partial charge in [-0.2, -0.15) is 0 Å². The van der Waals surface area contributed by atoms with Gasteiger partial charge in [-0.25, -0.2) is 0 Å². The molecule has 1 aromatic heterocycles. The Morgan fingerprint density at radius 2 is 1.85 bits per heavy atom. The molecule has 1 fully saturated rings. The summed E-state index contributed by atoms with van der Waals surface area (Å²) >= 11 is 0. The van der Waals surface area contributed by atoms with Gasteiger partial charge in [-0.1, -0.05) is 48.5 Å². The monoisotopic (exact) mass is 348 g/mol. The molecule has 0 spiro atoms. The van der Waals surface area contributed by atoms with Crippen LogP contribution in [0.5, 0.6) is 0 Å². The Hall–Kier alpha value is -2.59. The van der Waals surface area contributed by atoms with Crippen LogP contribution in [0.1, 0.15) is 28.8 Å². The second kappa shape index (κ2) is 7.75. The maximum Gasteiger partial charge on any atom is 0.253 e. The third-order valence-corrected chi connectivity index (χ3v) is 4.81. The van der Waals surface area contributed by atoms with E-state index in [2.05, 4.69) is 28.1 Å². The largest absolute Gasteiger partial charge is 0.379 e. The molecule has 0 aliphatic heterocycles. The van der Waals surface area contributed by atoms with Crippen molar-refractivity contribution in [1.82, 2.24) is 9.88 Å². The molecule has 3 aromatic rings. The topological polar surface area (TPSA) is 43.3 Å². The van der Waals surface area contributed by atoms with Gasteiger partial charge in [0, 0.05) is 36.8 Å². The smallest absolute Gasteiger partial charge is 0.253 e. The number of carbonyl (C=O) groups is 1. The quantitative estimate of drug-likeness (QED) is 0.629. The summed E-state index contributed by atoms with van der Waals surface area (Å²) in [5, 5.41) is 3.97. The van der Waals surface area contributed by atoms with Crippen molar-refractivity contribution in [2.24, 2.45) is 5.92 Å². The standard InChI is InChI=1S/C22H24N2O2/c25-22(23-12-13-26-16-18-10-11-18)20-15-24(14-17-6-2-1-3-7-17)21-9-5-4-8-19(20)21/h1-9,15,18H,10-14,16H2,(H,23,25). The summed E-state index contributed by atoms with van der Waals surface area (Å²) in [6, 6.07) is 18.4. The summed E-state index contributed by atoms with van der Waals surface area (Å²) in [4.78, 5) is 12.7. The number of amides is 1. The van der Waals surface area contributed by atoms with Crippen molar-refractivity contribution in [2.75, 3.05) is 19.8 Å².